The molecule has 18 heteroatoms. The molecular formula is C73H122O18. The lowest BCUT2D eigenvalue weighted by Gasteiger charge is -2.60. The van der Waals surface area contributed by atoms with E-state index in [2.05, 4.69) is 55.4 Å². The minimum absolute atomic E-state index is 0. The van der Waals surface area contributed by atoms with Gasteiger partial charge in [0.1, 0.15) is 37.0 Å². The molecule has 91 heavy (non-hydrogen) atoms. The molecule has 8 saturated carbocycles. The Kier molecular flexibility index (Phi) is 22.7. The summed E-state index contributed by atoms with van der Waals surface area (Å²) in [6, 6.07) is 0. The molecule has 12 bridgehead atoms. The summed E-state index contributed by atoms with van der Waals surface area (Å²) in [5.41, 5.74) is -2.43. The maximum Gasteiger partial charge on any atom is 0.312 e. The molecule has 0 amide bonds. The molecule has 14 aliphatic rings. The molecule has 14 unspecified atom stereocenters. The van der Waals surface area contributed by atoms with Gasteiger partial charge in [0.2, 0.25) is 0 Å². The third kappa shape index (κ3) is 16.2. The molecule has 6 heterocycles. The zero-order valence-electron chi connectivity index (χ0n) is 57.7. The number of hydrogen-bond donors (Lipinski definition) is 0. The van der Waals surface area contributed by atoms with Crippen molar-refractivity contribution in [2.75, 3.05) is 26.8 Å². The summed E-state index contributed by atoms with van der Waals surface area (Å²) in [6.07, 6.45) is 15.7. The van der Waals surface area contributed by atoms with Crippen molar-refractivity contribution in [3.05, 3.63) is 0 Å². The van der Waals surface area contributed by atoms with Gasteiger partial charge in [-0.3, -0.25) is 28.8 Å². The first-order valence-electron chi connectivity index (χ1n) is 34.4. The van der Waals surface area contributed by atoms with Crippen LogP contribution in [0, 0.1) is 68.0 Å². The average Bonchev–Trinajstić information content (AvgIpc) is 1.08. The van der Waals surface area contributed by atoms with Crippen LogP contribution in [0.25, 0.3) is 0 Å². The van der Waals surface area contributed by atoms with Crippen LogP contribution in [-0.2, 0) is 85.6 Å². The zero-order chi connectivity index (χ0) is 65.3. The molecule has 0 aromatic rings. The number of carbonyl (C=O) groups is 6. The standard InChI is InChI=1S/C23H40O4.C22H38O4.2C13H18O5.2CH4/c1-7-20(3,4)15-25-16-26-22-10-17-9-18(11-22)13-23(12-17,14-22)27-19(24)21(5,6)8-2;1-7-20(5,6)18(23)26-22-11-16-8-17(12-22)10-21(9-16,13-22)25-15-24-14-19(2,3)4;2*1-4-13(2,3)12(15)18-9-7-5-6-8(16-7)10(9)17-11(6)14;;/h17-18H,7-16H2,1-6H3;16-17H,7-15H2,1-6H3;2*6-10H,4-5H2,1-3H3;2*1H4. The van der Waals surface area contributed by atoms with Crippen LogP contribution < -0.4 is 0 Å². The van der Waals surface area contributed by atoms with Gasteiger partial charge in [0.15, 0.2) is 24.4 Å². The van der Waals surface area contributed by atoms with Gasteiger partial charge in [0, 0.05) is 12.8 Å². The summed E-state index contributed by atoms with van der Waals surface area (Å²) >= 11 is 0. The lowest BCUT2D eigenvalue weighted by Crippen LogP contribution is -2.62. The van der Waals surface area contributed by atoms with E-state index < -0.39 is 46.1 Å². The van der Waals surface area contributed by atoms with Gasteiger partial charge in [0.05, 0.1) is 70.1 Å². The van der Waals surface area contributed by atoms with Crippen molar-refractivity contribution in [2.45, 2.75) is 333 Å². The molecule has 6 saturated heterocycles. The first kappa shape index (κ1) is 75.0. The van der Waals surface area contributed by atoms with Crippen LogP contribution in [0.3, 0.4) is 0 Å². The third-order valence-corrected chi connectivity index (χ3v) is 23.2. The fraction of sp³-hybridized carbons (Fsp3) is 0.918. The predicted octanol–water partition coefficient (Wildman–Crippen LogP) is 13.9. The fourth-order valence-corrected chi connectivity index (χ4v) is 16.4. The monoisotopic (exact) mass is 1290 g/mol. The number of hydrogen-bond acceptors (Lipinski definition) is 18. The maximum atomic E-state index is 12.8. The SMILES string of the molecule is C.C.CCC(C)(C)C(=O)OC12CC3CC(CC(OCOCC(C)(C)C)(C3)C1)C2.CCC(C)(C)C(=O)OC1C2CC3C(=O)OC1C3O2.CCC(C)(C)C(=O)OC1C2CC3C(=O)OC1C3O2.CCC(C)(C)COCOC12CC3CC(C1)CC(OC(=O)C(C)(C)CC)(C3)C2. The van der Waals surface area contributed by atoms with E-state index in [-0.39, 0.29) is 120 Å². The molecule has 0 radical (unpaired) electrons. The minimum atomic E-state index is -0.510. The molecule has 0 aromatic heterocycles. The number of ether oxygens (including phenoxy) is 12. The van der Waals surface area contributed by atoms with E-state index in [1.807, 2.05) is 69.2 Å². The second-order valence-corrected chi connectivity index (χ2v) is 34.2. The van der Waals surface area contributed by atoms with E-state index in [4.69, 9.17) is 56.8 Å². The van der Waals surface area contributed by atoms with Crippen LogP contribution in [0.15, 0.2) is 0 Å². The van der Waals surface area contributed by atoms with Crippen LogP contribution >= 0.6 is 0 Å². The number of fused-ring (bicyclic) bond motifs is 2. The van der Waals surface area contributed by atoms with E-state index >= 15 is 0 Å². The van der Waals surface area contributed by atoms with E-state index in [0.29, 0.717) is 69.5 Å². The Hall–Kier alpha value is -3.42. The van der Waals surface area contributed by atoms with Crippen LogP contribution in [0.1, 0.15) is 261 Å². The Morgan fingerprint density at radius 2 is 0.747 bits per heavy atom. The summed E-state index contributed by atoms with van der Waals surface area (Å²) in [7, 11) is 0. The average molecular weight is 1290 g/mol. The van der Waals surface area contributed by atoms with Gasteiger partial charge in [0.25, 0.3) is 0 Å². The number of esters is 6. The van der Waals surface area contributed by atoms with Gasteiger partial charge in [-0.2, -0.15) is 0 Å². The van der Waals surface area contributed by atoms with Gasteiger partial charge in [-0.05, 0) is 199 Å². The smallest absolute Gasteiger partial charge is 0.312 e. The highest BCUT2D eigenvalue weighted by molar-refractivity contribution is 5.80. The second kappa shape index (κ2) is 27.6. The van der Waals surface area contributed by atoms with Crippen LogP contribution in [0.5, 0.6) is 0 Å². The first-order valence-corrected chi connectivity index (χ1v) is 34.4. The predicted molar refractivity (Wildman–Crippen MR) is 343 cm³/mol. The lowest BCUT2D eigenvalue weighted by atomic mass is 9.52. The zero-order valence-corrected chi connectivity index (χ0v) is 57.7. The summed E-state index contributed by atoms with van der Waals surface area (Å²) in [5.74, 6) is 1.21. The molecular weight excluding hydrogens is 1160 g/mol. The van der Waals surface area contributed by atoms with Crippen molar-refractivity contribution in [1.29, 1.82) is 0 Å². The normalized spacial score (nSPS) is 37.2. The summed E-state index contributed by atoms with van der Waals surface area (Å²) < 4.78 is 69.8. The van der Waals surface area contributed by atoms with Crippen molar-refractivity contribution in [1.82, 2.24) is 0 Å². The van der Waals surface area contributed by atoms with Gasteiger partial charge < -0.3 is 56.8 Å². The molecule has 8 aliphatic carbocycles. The third-order valence-electron chi connectivity index (χ3n) is 23.2. The first-order chi connectivity index (χ1) is 41.4. The highest BCUT2D eigenvalue weighted by Crippen LogP contribution is 2.62. The molecule has 6 aliphatic heterocycles. The van der Waals surface area contributed by atoms with Crippen LogP contribution in [0.2, 0.25) is 0 Å². The minimum Gasteiger partial charge on any atom is -0.459 e. The Bertz CT molecular complexity index is 2470. The fourth-order valence-electron chi connectivity index (χ4n) is 16.4. The van der Waals surface area contributed by atoms with Crippen molar-refractivity contribution in [3.8, 4) is 0 Å². The molecule has 0 spiro atoms. The molecule has 14 rings (SSSR count). The highest BCUT2D eigenvalue weighted by Gasteiger charge is 2.67. The lowest BCUT2D eigenvalue weighted by molar-refractivity contribution is -0.259. The van der Waals surface area contributed by atoms with E-state index in [0.717, 1.165) is 90.1 Å². The van der Waals surface area contributed by atoms with E-state index in [9.17, 15) is 28.8 Å². The molecule has 18 nitrogen and oxygen atoms in total. The Balaban J connectivity index is 0.000000174. The Morgan fingerprint density at radius 1 is 0.429 bits per heavy atom. The second-order valence-electron chi connectivity index (χ2n) is 34.2. The largest absolute Gasteiger partial charge is 0.459 e. The van der Waals surface area contributed by atoms with Crippen molar-refractivity contribution in [3.63, 3.8) is 0 Å². The molecule has 0 N–H and O–H groups in total. The summed E-state index contributed by atoms with van der Waals surface area (Å²) in [6.45, 7) is 38.6. The van der Waals surface area contributed by atoms with Gasteiger partial charge >= 0.3 is 35.8 Å². The van der Waals surface area contributed by atoms with Crippen LogP contribution in [-0.4, -0.2) is 134 Å². The van der Waals surface area contributed by atoms with Crippen molar-refractivity contribution >= 4 is 35.8 Å². The summed E-state index contributed by atoms with van der Waals surface area (Å²) in [5, 5.41) is 0. The molecule has 522 valence electrons. The van der Waals surface area contributed by atoms with Crippen molar-refractivity contribution < 1.29 is 85.6 Å². The van der Waals surface area contributed by atoms with Gasteiger partial charge in [-0.25, -0.2) is 0 Å². The Morgan fingerprint density at radius 3 is 1.07 bits per heavy atom. The Labute approximate surface area is 546 Å². The molecule has 0 aromatic carbocycles. The van der Waals surface area contributed by atoms with Gasteiger partial charge in [-0.15, -0.1) is 0 Å². The number of carbonyl (C=O) groups excluding carboxylic acids is 6. The molecule has 14 fully saturated rings. The van der Waals surface area contributed by atoms with E-state index in [1.54, 1.807) is 0 Å². The molecule has 14 atom stereocenters. The van der Waals surface area contributed by atoms with Gasteiger partial charge in [-0.1, -0.05) is 84.1 Å². The number of rotatable bonds is 22. The highest BCUT2D eigenvalue weighted by atomic mass is 16.7. The van der Waals surface area contributed by atoms with Crippen molar-refractivity contribution in [2.24, 2.45) is 68.0 Å². The van der Waals surface area contributed by atoms with E-state index in [1.165, 1.54) is 12.8 Å². The quantitative estimate of drug-likeness (QED) is 0.0426. The maximum absolute atomic E-state index is 12.8. The summed E-state index contributed by atoms with van der Waals surface area (Å²) in [4.78, 5) is 72.8. The van der Waals surface area contributed by atoms with Crippen LogP contribution in [0.4, 0.5) is 0 Å². The topological polar surface area (TPSA) is 213 Å².